The van der Waals surface area contributed by atoms with Crippen LogP contribution in [0.25, 0.3) is 0 Å². The van der Waals surface area contributed by atoms with E-state index >= 15 is 0 Å². The van der Waals surface area contributed by atoms with E-state index in [1.807, 2.05) is 50.5 Å². The van der Waals surface area contributed by atoms with Gasteiger partial charge in [0.2, 0.25) is 5.91 Å². The molecule has 3 fully saturated rings. The number of aromatic hydroxyl groups is 1. The van der Waals surface area contributed by atoms with Crippen LogP contribution in [0.4, 0.5) is 23.2 Å². The van der Waals surface area contributed by atoms with Gasteiger partial charge >= 0.3 is 18.1 Å². The van der Waals surface area contributed by atoms with Crippen LogP contribution in [-0.4, -0.2) is 98.0 Å². The number of amides is 1. The Hall–Kier alpha value is -3.87. The number of piperidine rings is 2. The van der Waals surface area contributed by atoms with Crippen molar-refractivity contribution in [1.29, 1.82) is 0 Å². The minimum atomic E-state index is -4.45. The zero-order chi connectivity index (χ0) is 40.5. The van der Waals surface area contributed by atoms with Crippen molar-refractivity contribution < 1.29 is 46.5 Å². The van der Waals surface area contributed by atoms with E-state index in [-0.39, 0.29) is 35.6 Å². The third kappa shape index (κ3) is 14.8. The van der Waals surface area contributed by atoms with Crippen LogP contribution in [0.3, 0.4) is 0 Å². The fourth-order valence-corrected chi connectivity index (χ4v) is 6.93. The first kappa shape index (κ1) is 46.3. The molecule has 2 aromatic rings. The lowest BCUT2D eigenvalue weighted by Gasteiger charge is -2.38. The maximum absolute atomic E-state index is 13.7. The van der Waals surface area contributed by atoms with Crippen molar-refractivity contribution in [3.05, 3.63) is 59.7 Å². The molecular formula is C41H61F4N3O6. The number of halogens is 4. The SMILES string of the molecule is CC.CCOC(=O)C1CCN(c2cc(C(F)(F)F)ccc2C2CCN(C(=O)C3CCN(CCC(=O)OC(C)(C)C)C3)CC2)CC1.CF.Oc1ccccc1. The van der Waals surface area contributed by atoms with Gasteiger partial charge in [-0.1, -0.05) is 38.1 Å². The number of benzene rings is 2. The normalized spacial score (nSPS) is 18.2. The van der Waals surface area contributed by atoms with Gasteiger partial charge in [0.25, 0.3) is 0 Å². The third-order valence-corrected chi connectivity index (χ3v) is 9.49. The molecule has 1 amide bonds. The van der Waals surface area contributed by atoms with Gasteiger partial charge in [0.05, 0.1) is 37.6 Å². The molecule has 3 heterocycles. The van der Waals surface area contributed by atoms with Crippen LogP contribution in [0, 0.1) is 11.8 Å². The van der Waals surface area contributed by atoms with Gasteiger partial charge in [0.15, 0.2) is 0 Å². The van der Waals surface area contributed by atoms with E-state index in [4.69, 9.17) is 14.6 Å². The second kappa shape index (κ2) is 22.5. The molecule has 9 nitrogen and oxygen atoms in total. The summed E-state index contributed by atoms with van der Waals surface area (Å²) in [7, 11) is 0.500. The number of para-hydroxylation sites is 1. The largest absolute Gasteiger partial charge is 0.508 e. The lowest BCUT2D eigenvalue weighted by Crippen LogP contribution is -2.42. The summed E-state index contributed by atoms with van der Waals surface area (Å²) in [6, 6.07) is 12.7. The molecule has 54 heavy (non-hydrogen) atoms. The summed E-state index contributed by atoms with van der Waals surface area (Å²) in [4.78, 5) is 43.6. The van der Waals surface area contributed by atoms with Gasteiger partial charge in [0.1, 0.15) is 11.4 Å². The number of phenolic OH excluding ortho intramolecular Hbond substituents is 1. The van der Waals surface area contributed by atoms with E-state index in [2.05, 4.69) is 4.90 Å². The second-order valence-corrected chi connectivity index (χ2v) is 14.3. The molecule has 0 aliphatic carbocycles. The number of likely N-dealkylation sites (tertiary alicyclic amines) is 2. The summed E-state index contributed by atoms with van der Waals surface area (Å²) in [6.07, 6.45) is -0.974. The summed E-state index contributed by atoms with van der Waals surface area (Å²) in [5, 5.41) is 8.63. The van der Waals surface area contributed by atoms with Crippen molar-refractivity contribution >= 4 is 23.5 Å². The molecule has 3 aliphatic rings. The zero-order valence-electron chi connectivity index (χ0n) is 33.1. The molecule has 3 saturated heterocycles. The van der Waals surface area contributed by atoms with E-state index < -0.39 is 17.3 Å². The summed E-state index contributed by atoms with van der Waals surface area (Å²) < 4.78 is 61.1. The molecular weight excluding hydrogens is 706 g/mol. The minimum absolute atomic E-state index is 0.0398. The monoisotopic (exact) mass is 767 g/mol. The van der Waals surface area contributed by atoms with Crippen LogP contribution in [0.2, 0.25) is 0 Å². The summed E-state index contributed by atoms with van der Waals surface area (Å²) >= 11 is 0. The minimum Gasteiger partial charge on any atom is -0.508 e. The standard InChI is InChI=1S/C32H46F3N3O5.C6H6O.C2H6.CH3F/c1-5-42-30(41)23-11-16-37(17-12-23)27-20-25(32(33,34)35)6-7-26(27)22-9-18-38(19-10-22)29(40)24-8-14-36(21-24)15-13-28(39)43-31(2,3)4;7-6-4-2-1-3-5-6;2*1-2/h6-7,20,22-24H,5,8-19,21H2,1-4H3;1-5,7H;1-2H3;1H3. The number of carbonyl (C=O) groups excluding carboxylic acids is 3. The Morgan fingerprint density at radius 2 is 1.43 bits per heavy atom. The van der Waals surface area contributed by atoms with E-state index in [1.165, 1.54) is 6.07 Å². The highest BCUT2D eigenvalue weighted by atomic mass is 19.4. The van der Waals surface area contributed by atoms with Crippen LogP contribution >= 0.6 is 0 Å². The molecule has 1 N–H and O–H groups in total. The molecule has 0 radical (unpaired) electrons. The lowest BCUT2D eigenvalue weighted by molar-refractivity contribution is -0.155. The number of phenols is 1. The highest BCUT2D eigenvalue weighted by molar-refractivity contribution is 5.79. The first-order chi connectivity index (χ1) is 25.6. The number of esters is 2. The molecule has 304 valence electrons. The van der Waals surface area contributed by atoms with Crippen LogP contribution in [0.5, 0.6) is 5.75 Å². The quantitative estimate of drug-likeness (QED) is 0.212. The van der Waals surface area contributed by atoms with Crippen molar-refractivity contribution in [1.82, 2.24) is 9.80 Å². The van der Waals surface area contributed by atoms with Gasteiger partial charge in [-0.15, -0.1) is 0 Å². The Kier molecular flexibility index (Phi) is 19.3. The average Bonchev–Trinajstić information content (AvgIpc) is 3.64. The fraction of sp³-hybridized carbons (Fsp3) is 0.634. The number of alkyl halides is 4. The highest BCUT2D eigenvalue weighted by Gasteiger charge is 2.37. The van der Waals surface area contributed by atoms with E-state index in [0.29, 0.717) is 96.6 Å². The maximum atomic E-state index is 13.7. The van der Waals surface area contributed by atoms with E-state index in [1.54, 1.807) is 37.3 Å². The molecule has 13 heteroatoms. The Labute approximate surface area is 319 Å². The molecule has 0 bridgehead atoms. The summed E-state index contributed by atoms with van der Waals surface area (Å²) in [6.45, 7) is 15.6. The number of anilines is 1. The smallest absolute Gasteiger partial charge is 0.416 e. The first-order valence-corrected chi connectivity index (χ1v) is 19.1. The number of ether oxygens (including phenoxy) is 2. The van der Waals surface area contributed by atoms with Gasteiger partial charge in [-0.3, -0.25) is 18.8 Å². The van der Waals surface area contributed by atoms with E-state index in [0.717, 1.165) is 24.6 Å². The number of hydrogen-bond donors (Lipinski definition) is 1. The molecule has 5 rings (SSSR count). The Morgan fingerprint density at radius 1 is 0.833 bits per heavy atom. The molecule has 0 spiro atoms. The molecule has 2 aromatic carbocycles. The van der Waals surface area contributed by atoms with Gasteiger partial charge in [-0.2, -0.15) is 13.2 Å². The van der Waals surface area contributed by atoms with Crippen LogP contribution in [0.1, 0.15) is 97.1 Å². The topological polar surface area (TPSA) is 99.6 Å². The Morgan fingerprint density at radius 3 is 1.94 bits per heavy atom. The third-order valence-electron chi connectivity index (χ3n) is 9.49. The first-order valence-electron chi connectivity index (χ1n) is 19.1. The number of nitrogens with zero attached hydrogens (tertiary/aromatic N) is 3. The number of rotatable bonds is 8. The molecule has 3 aliphatic heterocycles. The van der Waals surface area contributed by atoms with Crippen LogP contribution in [0.15, 0.2) is 48.5 Å². The molecule has 0 aromatic heterocycles. The van der Waals surface area contributed by atoms with Crippen LogP contribution in [-0.2, 0) is 30.0 Å². The predicted molar refractivity (Wildman–Crippen MR) is 203 cm³/mol. The number of carbonyl (C=O) groups is 3. The zero-order valence-corrected chi connectivity index (χ0v) is 33.1. The average molecular weight is 768 g/mol. The lowest BCUT2D eigenvalue weighted by atomic mass is 9.86. The maximum Gasteiger partial charge on any atom is 0.416 e. The molecule has 1 atom stereocenters. The Bertz CT molecular complexity index is 1420. The van der Waals surface area contributed by atoms with Crippen molar-refractivity contribution in [3.63, 3.8) is 0 Å². The van der Waals surface area contributed by atoms with Crippen LogP contribution < -0.4 is 4.90 Å². The molecule has 1 unspecified atom stereocenters. The summed E-state index contributed by atoms with van der Waals surface area (Å²) in [5.74, 6) is -0.347. The predicted octanol–water partition coefficient (Wildman–Crippen LogP) is 8.25. The number of hydrogen-bond acceptors (Lipinski definition) is 8. The van der Waals surface area contributed by atoms with Crippen molar-refractivity contribution in [2.45, 2.75) is 97.8 Å². The van der Waals surface area contributed by atoms with E-state index in [9.17, 15) is 31.9 Å². The van der Waals surface area contributed by atoms with Crippen molar-refractivity contribution in [3.8, 4) is 5.75 Å². The van der Waals surface area contributed by atoms with Crippen molar-refractivity contribution in [2.75, 3.05) is 64.5 Å². The van der Waals surface area contributed by atoms with Gasteiger partial charge in [-0.05, 0) is 102 Å². The van der Waals surface area contributed by atoms with Crippen molar-refractivity contribution in [2.24, 2.45) is 11.8 Å². The van der Waals surface area contributed by atoms with Gasteiger partial charge in [-0.25, -0.2) is 0 Å². The fourth-order valence-electron chi connectivity index (χ4n) is 6.93. The molecule has 0 saturated carbocycles. The Balaban J connectivity index is 0.000000801. The highest BCUT2D eigenvalue weighted by Crippen LogP contribution is 2.40. The van der Waals surface area contributed by atoms with Gasteiger partial charge < -0.3 is 29.3 Å². The van der Waals surface area contributed by atoms with Gasteiger partial charge in [0, 0.05) is 45.0 Å². The second-order valence-electron chi connectivity index (χ2n) is 14.3. The summed E-state index contributed by atoms with van der Waals surface area (Å²) in [5.41, 5.74) is 0.264.